The van der Waals surface area contributed by atoms with Crippen LogP contribution in [0.3, 0.4) is 0 Å². The molecule has 1 aromatic carbocycles. The number of rotatable bonds is 5. The second kappa shape index (κ2) is 8.04. The summed E-state index contributed by atoms with van der Waals surface area (Å²) in [6.45, 7) is 3.38. The van der Waals surface area contributed by atoms with Crippen molar-refractivity contribution in [3.63, 3.8) is 0 Å². The molecule has 3 aromatic rings. The summed E-state index contributed by atoms with van der Waals surface area (Å²) in [6, 6.07) is 8.30. The maximum Gasteiger partial charge on any atom is 0.274 e. The normalized spacial score (nSPS) is 15.3. The number of fused-ring (bicyclic) bond motifs is 1. The molecule has 0 aliphatic carbocycles. The van der Waals surface area contributed by atoms with Crippen molar-refractivity contribution in [2.75, 3.05) is 32.8 Å². The van der Waals surface area contributed by atoms with Gasteiger partial charge in [-0.2, -0.15) is 5.10 Å². The van der Waals surface area contributed by atoms with Crippen molar-refractivity contribution in [2.24, 2.45) is 0 Å². The van der Waals surface area contributed by atoms with Gasteiger partial charge < -0.3 is 10.0 Å². The van der Waals surface area contributed by atoms with Crippen LogP contribution >= 0.6 is 0 Å². The third-order valence-electron chi connectivity index (χ3n) is 4.94. The Morgan fingerprint density at radius 3 is 2.71 bits per heavy atom. The molecule has 0 bridgehead atoms. The number of benzene rings is 1. The fraction of sp³-hybridized carbons (Fsp3) is 0.350. The van der Waals surface area contributed by atoms with E-state index in [-0.39, 0.29) is 18.3 Å². The largest absolute Gasteiger partial charge is 0.396 e. The van der Waals surface area contributed by atoms with Gasteiger partial charge in [0, 0.05) is 57.8 Å². The van der Waals surface area contributed by atoms with Crippen molar-refractivity contribution in [3.8, 4) is 0 Å². The molecule has 7 nitrogen and oxygen atoms in total. The number of carbonyl (C=O) groups excluding carboxylic acids is 1. The highest BCUT2D eigenvalue weighted by Gasteiger charge is 2.24. The van der Waals surface area contributed by atoms with E-state index in [0.717, 1.165) is 24.2 Å². The van der Waals surface area contributed by atoms with Gasteiger partial charge in [-0.05, 0) is 29.7 Å². The molecule has 0 saturated carbocycles. The summed E-state index contributed by atoms with van der Waals surface area (Å²) in [5.74, 6) is -0.339. The molecule has 2 aromatic heterocycles. The Kier molecular flexibility index (Phi) is 5.31. The molecule has 0 unspecified atom stereocenters. The monoisotopic (exact) mass is 383 g/mol. The molecule has 0 atom stereocenters. The van der Waals surface area contributed by atoms with Crippen molar-refractivity contribution >= 4 is 11.6 Å². The van der Waals surface area contributed by atoms with E-state index in [1.807, 2.05) is 6.07 Å². The molecule has 1 N–H and O–H groups in total. The molecule has 3 heterocycles. The molecule has 1 aliphatic heterocycles. The van der Waals surface area contributed by atoms with Gasteiger partial charge in [-0.3, -0.25) is 9.69 Å². The molecule has 1 aliphatic rings. The first-order valence-electron chi connectivity index (χ1n) is 9.33. The number of aromatic nitrogens is 3. The van der Waals surface area contributed by atoms with E-state index >= 15 is 0 Å². The number of hydrogen-bond acceptors (Lipinski definition) is 5. The maximum atomic E-state index is 13.3. The Labute approximate surface area is 162 Å². The van der Waals surface area contributed by atoms with E-state index in [0.29, 0.717) is 37.4 Å². The maximum absolute atomic E-state index is 13.3. The van der Waals surface area contributed by atoms with E-state index in [4.69, 9.17) is 5.11 Å². The highest BCUT2D eigenvalue weighted by atomic mass is 19.1. The lowest BCUT2D eigenvalue weighted by molar-refractivity contribution is 0.0622. The predicted molar refractivity (Wildman–Crippen MR) is 101 cm³/mol. The number of piperazine rings is 1. The number of nitrogens with zero attached hydrogens (tertiary/aromatic N) is 5. The molecule has 0 radical (unpaired) electrons. The van der Waals surface area contributed by atoms with Crippen LogP contribution in [0.5, 0.6) is 0 Å². The zero-order valence-corrected chi connectivity index (χ0v) is 15.5. The van der Waals surface area contributed by atoms with E-state index in [9.17, 15) is 9.18 Å². The standard InChI is InChI=1S/C20H22FN5O2/c21-17-3-1-2-15(10-17)13-24-5-7-25(8-6-24)20(28)18-11-19-22-12-16(4-9-27)14-26(19)23-18/h1-3,10-12,14,27H,4-9,13H2. The molecule has 4 rings (SSSR count). The van der Waals surface area contributed by atoms with E-state index in [2.05, 4.69) is 15.0 Å². The third-order valence-corrected chi connectivity index (χ3v) is 4.94. The minimum absolute atomic E-state index is 0.0418. The van der Waals surface area contributed by atoms with Crippen molar-refractivity contribution < 1.29 is 14.3 Å². The van der Waals surface area contributed by atoms with Gasteiger partial charge in [-0.15, -0.1) is 0 Å². The van der Waals surface area contributed by atoms with Crippen LogP contribution < -0.4 is 0 Å². The van der Waals surface area contributed by atoms with Gasteiger partial charge in [0.2, 0.25) is 0 Å². The average Bonchev–Trinajstić information content (AvgIpc) is 3.12. The molecular formula is C20H22FN5O2. The summed E-state index contributed by atoms with van der Waals surface area (Å²) in [5.41, 5.74) is 2.77. The SMILES string of the molecule is O=C(c1cc2ncc(CCO)cn2n1)N1CCN(Cc2cccc(F)c2)CC1. The van der Waals surface area contributed by atoms with Crippen LogP contribution in [0.2, 0.25) is 0 Å². The highest BCUT2D eigenvalue weighted by molar-refractivity contribution is 5.93. The van der Waals surface area contributed by atoms with Crippen molar-refractivity contribution in [1.29, 1.82) is 0 Å². The Morgan fingerprint density at radius 1 is 1.14 bits per heavy atom. The zero-order valence-electron chi connectivity index (χ0n) is 15.5. The molecule has 146 valence electrons. The lowest BCUT2D eigenvalue weighted by Crippen LogP contribution is -2.48. The van der Waals surface area contributed by atoms with Crippen LogP contribution in [0.4, 0.5) is 4.39 Å². The van der Waals surface area contributed by atoms with Crippen LogP contribution in [-0.2, 0) is 13.0 Å². The summed E-state index contributed by atoms with van der Waals surface area (Å²) in [4.78, 5) is 21.1. The minimum Gasteiger partial charge on any atom is -0.396 e. The Morgan fingerprint density at radius 2 is 1.96 bits per heavy atom. The lowest BCUT2D eigenvalue weighted by Gasteiger charge is -2.34. The average molecular weight is 383 g/mol. The highest BCUT2D eigenvalue weighted by Crippen LogP contribution is 2.13. The van der Waals surface area contributed by atoms with Crippen LogP contribution in [-0.4, -0.2) is 68.2 Å². The van der Waals surface area contributed by atoms with Gasteiger partial charge in [0.25, 0.3) is 5.91 Å². The molecule has 0 spiro atoms. The van der Waals surface area contributed by atoms with Gasteiger partial charge in [0.05, 0.1) is 0 Å². The summed E-state index contributed by atoms with van der Waals surface area (Å²) >= 11 is 0. The first kappa shape index (κ1) is 18.5. The third kappa shape index (κ3) is 4.02. The fourth-order valence-electron chi connectivity index (χ4n) is 3.44. The van der Waals surface area contributed by atoms with Gasteiger partial charge in [-0.1, -0.05) is 12.1 Å². The smallest absolute Gasteiger partial charge is 0.274 e. The second-order valence-corrected chi connectivity index (χ2v) is 6.97. The quantitative estimate of drug-likeness (QED) is 0.720. The molecular weight excluding hydrogens is 361 g/mol. The van der Waals surface area contributed by atoms with Crippen LogP contribution in [0.25, 0.3) is 5.65 Å². The molecule has 1 amide bonds. The van der Waals surface area contributed by atoms with Crippen molar-refractivity contribution in [3.05, 3.63) is 65.4 Å². The Hall–Kier alpha value is -2.84. The number of carbonyl (C=O) groups is 1. The number of hydrogen-bond donors (Lipinski definition) is 1. The van der Waals surface area contributed by atoms with Crippen LogP contribution in [0.15, 0.2) is 42.7 Å². The van der Waals surface area contributed by atoms with E-state index in [1.165, 1.54) is 6.07 Å². The zero-order chi connectivity index (χ0) is 19.5. The molecule has 28 heavy (non-hydrogen) atoms. The van der Waals surface area contributed by atoms with Crippen molar-refractivity contribution in [2.45, 2.75) is 13.0 Å². The summed E-state index contributed by atoms with van der Waals surface area (Å²) < 4.78 is 14.9. The topological polar surface area (TPSA) is 74.0 Å². The first-order valence-corrected chi connectivity index (χ1v) is 9.33. The lowest BCUT2D eigenvalue weighted by atomic mass is 10.2. The number of aliphatic hydroxyl groups excluding tert-OH is 1. The number of aliphatic hydroxyl groups is 1. The summed E-state index contributed by atoms with van der Waals surface area (Å²) in [7, 11) is 0. The fourth-order valence-corrected chi connectivity index (χ4v) is 3.44. The van der Waals surface area contributed by atoms with Gasteiger partial charge in [0.1, 0.15) is 5.82 Å². The van der Waals surface area contributed by atoms with Gasteiger partial charge in [-0.25, -0.2) is 13.9 Å². The van der Waals surface area contributed by atoms with E-state index in [1.54, 1.807) is 40.0 Å². The Balaban J connectivity index is 1.39. The first-order chi connectivity index (χ1) is 13.6. The van der Waals surface area contributed by atoms with Crippen LogP contribution in [0.1, 0.15) is 21.6 Å². The van der Waals surface area contributed by atoms with Crippen LogP contribution in [0, 0.1) is 5.82 Å². The number of amides is 1. The number of halogens is 1. The predicted octanol–water partition coefficient (Wildman–Crippen LogP) is 1.36. The summed E-state index contributed by atoms with van der Waals surface area (Å²) in [5, 5.41) is 13.4. The Bertz CT molecular complexity index is 982. The van der Waals surface area contributed by atoms with Gasteiger partial charge in [0.15, 0.2) is 11.3 Å². The molecule has 1 fully saturated rings. The molecule has 8 heteroatoms. The second-order valence-electron chi connectivity index (χ2n) is 6.97. The minimum atomic E-state index is -0.228. The molecule has 1 saturated heterocycles. The van der Waals surface area contributed by atoms with Crippen molar-refractivity contribution in [1.82, 2.24) is 24.4 Å². The summed E-state index contributed by atoms with van der Waals surface area (Å²) in [6.07, 6.45) is 3.97. The van der Waals surface area contributed by atoms with E-state index < -0.39 is 0 Å². The van der Waals surface area contributed by atoms with Gasteiger partial charge >= 0.3 is 0 Å².